The quantitative estimate of drug-likeness (QED) is 0.293. The maximum absolute atomic E-state index is 6.35. The Morgan fingerprint density at radius 3 is 2.78 bits per heavy atom. The zero-order valence-corrected chi connectivity index (χ0v) is 21.4. The molecule has 1 aromatic heterocycles. The minimum atomic E-state index is 0. The number of hydrogen-bond donors (Lipinski definition) is 2. The standard InChI is InChI=1S/C23H34N6O2.HI/c1-3-24-23(26-16-21-28-27-20-13-6-7-14-29(20)21)25-15-17-9-8-12-19(30-2)22(17)31-18-10-4-5-11-18;/h8-9,12,18H,3-7,10-11,13-16H2,1-2H3,(H2,24,25,26);1H. The second kappa shape index (κ2) is 12.3. The lowest BCUT2D eigenvalue weighted by Gasteiger charge is -2.19. The zero-order valence-electron chi connectivity index (χ0n) is 19.1. The first-order valence-corrected chi connectivity index (χ1v) is 11.5. The van der Waals surface area contributed by atoms with Gasteiger partial charge in [0.05, 0.1) is 26.3 Å². The lowest BCUT2D eigenvalue weighted by atomic mass is 10.1. The van der Waals surface area contributed by atoms with Gasteiger partial charge in [0.1, 0.15) is 5.82 Å². The van der Waals surface area contributed by atoms with E-state index in [9.17, 15) is 0 Å². The molecule has 0 atom stereocenters. The molecule has 1 aromatic carbocycles. The van der Waals surface area contributed by atoms with E-state index in [0.717, 1.165) is 67.0 Å². The molecule has 0 unspecified atom stereocenters. The number of methoxy groups -OCH3 is 1. The number of para-hydroxylation sites is 1. The van der Waals surface area contributed by atoms with Crippen molar-refractivity contribution < 1.29 is 9.47 Å². The highest BCUT2D eigenvalue weighted by Gasteiger charge is 2.21. The van der Waals surface area contributed by atoms with Gasteiger partial charge < -0.3 is 24.7 Å². The average Bonchev–Trinajstić information content (AvgIpc) is 3.46. The molecule has 0 radical (unpaired) electrons. The van der Waals surface area contributed by atoms with Crippen molar-refractivity contribution in [1.82, 2.24) is 25.4 Å². The van der Waals surface area contributed by atoms with Gasteiger partial charge in [-0.05, 0) is 51.5 Å². The second-order valence-corrected chi connectivity index (χ2v) is 8.16. The fraction of sp³-hybridized carbons (Fsp3) is 0.609. The number of nitrogens with one attached hydrogen (secondary N) is 2. The Balaban J connectivity index is 0.00000289. The summed E-state index contributed by atoms with van der Waals surface area (Å²) in [5.41, 5.74) is 1.03. The van der Waals surface area contributed by atoms with Gasteiger partial charge in [0.2, 0.25) is 0 Å². The highest BCUT2D eigenvalue weighted by molar-refractivity contribution is 14.0. The van der Waals surface area contributed by atoms with Crippen LogP contribution in [0.2, 0.25) is 0 Å². The van der Waals surface area contributed by atoms with Crippen LogP contribution < -0.4 is 20.1 Å². The van der Waals surface area contributed by atoms with E-state index < -0.39 is 0 Å². The van der Waals surface area contributed by atoms with E-state index in [1.165, 1.54) is 25.7 Å². The minimum absolute atomic E-state index is 0. The fourth-order valence-electron chi connectivity index (χ4n) is 4.32. The molecule has 32 heavy (non-hydrogen) atoms. The van der Waals surface area contributed by atoms with E-state index >= 15 is 0 Å². The van der Waals surface area contributed by atoms with E-state index in [4.69, 9.17) is 14.5 Å². The lowest BCUT2D eigenvalue weighted by molar-refractivity contribution is 0.198. The number of rotatable bonds is 8. The van der Waals surface area contributed by atoms with Crippen LogP contribution in [0.15, 0.2) is 23.2 Å². The Hall–Kier alpha value is -2.04. The number of aliphatic imine (C=N–C) groups is 1. The molecule has 2 heterocycles. The summed E-state index contributed by atoms with van der Waals surface area (Å²) in [5, 5.41) is 15.4. The monoisotopic (exact) mass is 554 g/mol. The van der Waals surface area contributed by atoms with Gasteiger partial charge in [-0.3, -0.25) is 0 Å². The third-order valence-electron chi connectivity index (χ3n) is 5.97. The van der Waals surface area contributed by atoms with Crippen LogP contribution in [-0.2, 0) is 26.1 Å². The molecule has 0 amide bonds. The van der Waals surface area contributed by atoms with Crippen LogP contribution >= 0.6 is 24.0 Å². The first-order chi connectivity index (χ1) is 15.3. The molecule has 0 spiro atoms. The van der Waals surface area contributed by atoms with Gasteiger partial charge in [0.25, 0.3) is 0 Å². The number of benzene rings is 1. The van der Waals surface area contributed by atoms with Gasteiger partial charge in [0, 0.05) is 25.1 Å². The molecule has 2 aliphatic rings. The summed E-state index contributed by atoms with van der Waals surface area (Å²) in [6.07, 6.45) is 8.34. The van der Waals surface area contributed by atoms with E-state index in [0.29, 0.717) is 13.1 Å². The average molecular weight is 554 g/mol. The van der Waals surface area contributed by atoms with Crippen molar-refractivity contribution in [3.8, 4) is 11.5 Å². The van der Waals surface area contributed by atoms with Crippen molar-refractivity contribution >= 4 is 29.9 Å². The van der Waals surface area contributed by atoms with Crippen molar-refractivity contribution in [2.75, 3.05) is 13.7 Å². The van der Waals surface area contributed by atoms with Crippen molar-refractivity contribution in [2.24, 2.45) is 4.99 Å². The van der Waals surface area contributed by atoms with Crippen molar-refractivity contribution in [1.29, 1.82) is 0 Å². The maximum atomic E-state index is 6.35. The summed E-state index contributed by atoms with van der Waals surface area (Å²) in [6.45, 7) is 4.96. The molecule has 0 bridgehead atoms. The SMILES string of the molecule is CCNC(=NCc1cccc(OC)c1OC1CCCC1)NCc1nnc2n1CCCC2.I. The molecule has 2 N–H and O–H groups in total. The molecule has 9 heteroatoms. The Morgan fingerprint density at radius 2 is 2.00 bits per heavy atom. The molecule has 1 fully saturated rings. The normalized spacial score (nSPS) is 16.2. The molecule has 1 aliphatic carbocycles. The number of fused-ring (bicyclic) bond motifs is 1. The van der Waals surface area contributed by atoms with Crippen LogP contribution in [0.5, 0.6) is 11.5 Å². The largest absolute Gasteiger partial charge is 0.493 e. The third-order valence-corrected chi connectivity index (χ3v) is 5.97. The molecule has 8 nitrogen and oxygen atoms in total. The van der Waals surface area contributed by atoms with Gasteiger partial charge in [-0.15, -0.1) is 34.2 Å². The van der Waals surface area contributed by atoms with Crippen molar-refractivity contribution in [3.05, 3.63) is 35.4 Å². The highest BCUT2D eigenvalue weighted by atomic mass is 127. The first kappa shape index (κ1) is 24.6. The molecule has 1 saturated carbocycles. The summed E-state index contributed by atoms with van der Waals surface area (Å²) in [6, 6.07) is 6.01. The Kier molecular flexibility index (Phi) is 9.43. The Bertz CT molecular complexity index is 895. The summed E-state index contributed by atoms with van der Waals surface area (Å²) < 4.78 is 14.2. The van der Waals surface area contributed by atoms with Crippen LogP contribution in [0.25, 0.3) is 0 Å². The molecule has 0 saturated heterocycles. The van der Waals surface area contributed by atoms with E-state index in [1.54, 1.807) is 7.11 Å². The maximum Gasteiger partial charge on any atom is 0.191 e. The number of nitrogens with zero attached hydrogens (tertiary/aromatic N) is 4. The molecular formula is C23H35IN6O2. The number of halogens is 1. The van der Waals surface area contributed by atoms with Crippen LogP contribution in [0.4, 0.5) is 0 Å². The Labute approximate surface area is 207 Å². The van der Waals surface area contributed by atoms with Crippen LogP contribution in [0.1, 0.15) is 62.7 Å². The molecule has 2 aromatic rings. The fourth-order valence-corrected chi connectivity index (χ4v) is 4.32. The highest BCUT2D eigenvalue weighted by Crippen LogP contribution is 2.35. The first-order valence-electron chi connectivity index (χ1n) is 11.5. The van der Waals surface area contributed by atoms with Gasteiger partial charge in [-0.25, -0.2) is 4.99 Å². The van der Waals surface area contributed by atoms with Crippen LogP contribution in [0.3, 0.4) is 0 Å². The summed E-state index contributed by atoms with van der Waals surface area (Å²) in [5.74, 6) is 4.41. The second-order valence-electron chi connectivity index (χ2n) is 8.16. The number of aryl methyl sites for hydroxylation is 1. The predicted molar refractivity (Wildman–Crippen MR) is 136 cm³/mol. The number of ether oxygens (including phenoxy) is 2. The minimum Gasteiger partial charge on any atom is -0.493 e. The molecule has 1 aliphatic heterocycles. The van der Waals surface area contributed by atoms with Crippen molar-refractivity contribution in [3.63, 3.8) is 0 Å². The van der Waals surface area contributed by atoms with Gasteiger partial charge in [-0.2, -0.15) is 0 Å². The van der Waals surface area contributed by atoms with Gasteiger partial charge in [-0.1, -0.05) is 12.1 Å². The summed E-state index contributed by atoms with van der Waals surface area (Å²) in [4.78, 5) is 4.81. The molecule has 176 valence electrons. The molecular weight excluding hydrogens is 519 g/mol. The Morgan fingerprint density at radius 1 is 1.16 bits per heavy atom. The van der Waals surface area contributed by atoms with Gasteiger partial charge >= 0.3 is 0 Å². The van der Waals surface area contributed by atoms with E-state index in [1.807, 2.05) is 12.1 Å². The number of hydrogen-bond acceptors (Lipinski definition) is 5. The zero-order chi connectivity index (χ0) is 21.5. The third kappa shape index (κ3) is 6.05. The van der Waals surface area contributed by atoms with E-state index in [-0.39, 0.29) is 30.1 Å². The smallest absolute Gasteiger partial charge is 0.191 e. The van der Waals surface area contributed by atoms with Gasteiger partial charge in [0.15, 0.2) is 23.3 Å². The summed E-state index contributed by atoms with van der Waals surface area (Å²) >= 11 is 0. The number of guanidine groups is 1. The van der Waals surface area contributed by atoms with Crippen molar-refractivity contribution in [2.45, 2.75) is 77.6 Å². The summed E-state index contributed by atoms with van der Waals surface area (Å²) in [7, 11) is 1.69. The molecule has 4 rings (SSSR count). The lowest BCUT2D eigenvalue weighted by Crippen LogP contribution is -2.37. The van der Waals surface area contributed by atoms with E-state index in [2.05, 4.69) is 38.4 Å². The predicted octanol–water partition coefficient (Wildman–Crippen LogP) is 3.82. The van der Waals surface area contributed by atoms with Crippen LogP contribution in [-0.4, -0.2) is 40.5 Å². The van der Waals surface area contributed by atoms with Crippen LogP contribution in [0, 0.1) is 0 Å². The number of aromatic nitrogens is 3. The topological polar surface area (TPSA) is 85.6 Å².